The van der Waals surface area contributed by atoms with Crippen LogP contribution in [0.3, 0.4) is 0 Å². The molecule has 0 aromatic heterocycles. The molecular weight excluding hydrogens is 468 g/mol. The zero-order valence-corrected chi connectivity index (χ0v) is 22.7. The van der Waals surface area contributed by atoms with Crippen molar-refractivity contribution in [1.82, 2.24) is 0 Å². The van der Waals surface area contributed by atoms with Crippen molar-refractivity contribution in [1.29, 1.82) is 0 Å². The molecule has 0 radical (unpaired) electrons. The summed E-state index contributed by atoms with van der Waals surface area (Å²) in [6, 6.07) is 0. The Kier molecular flexibility index (Phi) is 12.8. The molecule has 6 heteroatoms. The summed E-state index contributed by atoms with van der Waals surface area (Å²) in [5.41, 5.74) is 2.37. The van der Waals surface area contributed by atoms with Gasteiger partial charge in [0, 0.05) is 26.4 Å². The number of carbonyl (C=O) groups is 1. The number of hydrogen-bond donors (Lipinski definition) is 1. The van der Waals surface area contributed by atoms with Crippen LogP contribution in [0.15, 0.2) is 60.3 Å². The summed E-state index contributed by atoms with van der Waals surface area (Å²) in [4.78, 5) is 12.7. The Balaban J connectivity index is 1.62. The van der Waals surface area contributed by atoms with Crippen LogP contribution in [0, 0.1) is 0 Å². The maximum atomic E-state index is 12.7. The third-order valence-electron chi connectivity index (χ3n) is 7.20. The maximum absolute atomic E-state index is 12.7. The standard InChI is InChI=1S/C31H46O6/c1-23-8-4-10-26-11-6-12-27(36-26)13-7-15-31(33)37-30(14-5-9-25(32)20-23)22-28(34-3)16-17-29-21-24(2)18-19-35-29/h5-6,9,12,16-18,25-30,32H,1,4,7-8,10-11,13-15,19-22H2,2-3H3. The van der Waals surface area contributed by atoms with Crippen LogP contribution >= 0.6 is 0 Å². The molecule has 0 aromatic rings. The van der Waals surface area contributed by atoms with Crippen LogP contribution in [0.5, 0.6) is 0 Å². The van der Waals surface area contributed by atoms with Crippen LogP contribution in [0.25, 0.3) is 0 Å². The highest BCUT2D eigenvalue weighted by Gasteiger charge is 2.21. The fraction of sp³-hybridized carbons (Fsp3) is 0.645. The molecule has 6 unspecified atom stereocenters. The van der Waals surface area contributed by atoms with Gasteiger partial charge in [-0.1, -0.05) is 60.3 Å². The summed E-state index contributed by atoms with van der Waals surface area (Å²) in [7, 11) is 1.67. The summed E-state index contributed by atoms with van der Waals surface area (Å²) in [5.74, 6) is -0.208. The second kappa shape index (κ2) is 16.1. The number of fused-ring (bicyclic) bond motifs is 2. The van der Waals surface area contributed by atoms with E-state index in [1.165, 1.54) is 5.57 Å². The monoisotopic (exact) mass is 514 g/mol. The minimum absolute atomic E-state index is 0.0364. The lowest BCUT2D eigenvalue weighted by molar-refractivity contribution is -0.150. The van der Waals surface area contributed by atoms with Crippen molar-refractivity contribution in [2.75, 3.05) is 13.7 Å². The number of carbonyl (C=O) groups excluding carboxylic acids is 1. The molecule has 0 spiro atoms. The molecule has 0 aliphatic carbocycles. The summed E-state index contributed by atoms with van der Waals surface area (Å²) < 4.78 is 23.6. The van der Waals surface area contributed by atoms with E-state index < -0.39 is 6.10 Å². The van der Waals surface area contributed by atoms with Gasteiger partial charge in [-0.3, -0.25) is 4.79 Å². The number of cyclic esters (lactones) is 1. The topological polar surface area (TPSA) is 74.2 Å². The van der Waals surface area contributed by atoms with Crippen LogP contribution in [-0.2, 0) is 23.7 Å². The van der Waals surface area contributed by atoms with Crippen molar-refractivity contribution in [3.63, 3.8) is 0 Å². The Morgan fingerprint density at radius 3 is 2.78 bits per heavy atom. The van der Waals surface area contributed by atoms with Gasteiger partial charge >= 0.3 is 5.97 Å². The van der Waals surface area contributed by atoms with E-state index in [0.29, 0.717) is 32.3 Å². The van der Waals surface area contributed by atoms with Gasteiger partial charge in [0.25, 0.3) is 0 Å². The fourth-order valence-electron chi connectivity index (χ4n) is 5.06. The highest BCUT2D eigenvalue weighted by molar-refractivity contribution is 5.69. The fourth-order valence-corrected chi connectivity index (χ4v) is 5.06. The number of hydrogen-bond acceptors (Lipinski definition) is 6. The van der Waals surface area contributed by atoms with E-state index in [1.54, 1.807) is 13.2 Å². The Morgan fingerprint density at radius 1 is 1.16 bits per heavy atom. The third-order valence-corrected chi connectivity index (χ3v) is 7.20. The molecular formula is C31H46O6. The van der Waals surface area contributed by atoms with Gasteiger partial charge in [0.1, 0.15) is 6.10 Å². The number of esters is 1. The summed E-state index contributed by atoms with van der Waals surface area (Å²) >= 11 is 0. The van der Waals surface area contributed by atoms with Gasteiger partial charge in [-0.05, 0) is 58.3 Å². The third kappa shape index (κ3) is 11.5. The van der Waals surface area contributed by atoms with Crippen molar-refractivity contribution >= 4 is 5.97 Å². The number of ether oxygens (including phenoxy) is 4. The second-order valence-corrected chi connectivity index (χ2v) is 10.6. The molecule has 2 bridgehead atoms. The van der Waals surface area contributed by atoms with Gasteiger partial charge in [-0.25, -0.2) is 0 Å². The predicted molar refractivity (Wildman–Crippen MR) is 146 cm³/mol. The van der Waals surface area contributed by atoms with Gasteiger partial charge < -0.3 is 24.1 Å². The Labute approximate surface area is 223 Å². The molecule has 0 amide bonds. The first-order valence-electron chi connectivity index (χ1n) is 13.9. The van der Waals surface area contributed by atoms with Gasteiger partial charge in [-0.15, -0.1) is 0 Å². The Hall–Kier alpha value is -1.99. The summed E-state index contributed by atoms with van der Waals surface area (Å²) in [5, 5.41) is 10.5. The number of methoxy groups -OCH3 is 1. The molecule has 6 nitrogen and oxygen atoms in total. The van der Waals surface area contributed by atoms with Crippen molar-refractivity contribution in [3.05, 3.63) is 60.3 Å². The van der Waals surface area contributed by atoms with Crippen molar-refractivity contribution in [3.8, 4) is 0 Å². The molecule has 0 aromatic carbocycles. The predicted octanol–water partition coefficient (Wildman–Crippen LogP) is 5.92. The number of aliphatic hydroxyl groups is 1. The van der Waals surface area contributed by atoms with Crippen molar-refractivity contribution in [2.24, 2.45) is 0 Å². The highest BCUT2D eigenvalue weighted by Crippen LogP contribution is 2.24. The molecule has 3 aliphatic heterocycles. The minimum atomic E-state index is -0.598. The molecule has 3 rings (SSSR count). The van der Waals surface area contributed by atoms with Crippen LogP contribution in [0.4, 0.5) is 0 Å². The number of rotatable bonds is 5. The van der Waals surface area contributed by atoms with E-state index in [9.17, 15) is 9.90 Å². The van der Waals surface area contributed by atoms with Crippen LogP contribution in [-0.4, -0.2) is 61.4 Å². The SMILES string of the molecule is C=C1CCCC2CC=CC(CCCC(=O)OC(CC(C=CC3CC(C)=CCO3)OC)CC=CC(O)C1)O2. The lowest BCUT2D eigenvalue weighted by Crippen LogP contribution is -2.26. The molecule has 206 valence electrons. The molecule has 3 aliphatic rings. The van der Waals surface area contributed by atoms with Crippen LogP contribution in [0.2, 0.25) is 0 Å². The Bertz CT molecular complexity index is 841. The van der Waals surface area contributed by atoms with Gasteiger partial charge in [0.2, 0.25) is 0 Å². The molecule has 0 saturated carbocycles. The lowest BCUT2D eigenvalue weighted by Gasteiger charge is -2.26. The van der Waals surface area contributed by atoms with Gasteiger partial charge in [0.15, 0.2) is 0 Å². The average Bonchev–Trinajstić information content (AvgIpc) is 2.86. The van der Waals surface area contributed by atoms with E-state index in [4.69, 9.17) is 18.9 Å². The van der Waals surface area contributed by atoms with Gasteiger partial charge in [0.05, 0.1) is 37.1 Å². The van der Waals surface area contributed by atoms with E-state index in [1.807, 2.05) is 18.2 Å². The molecule has 37 heavy (non-hydrogen) atoms. The van der Waals surface area contributed by atoms with E-state index in [2.05, 4.69) is 31.7 Å². The first kappa shape index (κ1) is 29.6. The van der Waals surface area contributed by atoms with Gasteiger partial charge in [-0.2, -0.15) is 0 Å². The van der Waals surface area contributed by atoms with Crippen molar-refractivity contribution < 1.29 is 28.8 Å². The average molecular weight is 515 g/mol. The summed E-state index contributed by atoms with van der Waals surface area (Å²) in [6.45, 7) is 6.90. The normalized spacial score (nSPS) is 31.9. The smallest absolute Gasteiger partial charge is 0.306 e. The molecule has 3 heterocycles. The van der Waals surface area contributed by atoms with Crippen LogP contribution < -0.4 is 0 Å². The molecule has 0 fully saturated rings. The first-order chi connectivity index (χ1) is 17.9. The first-order valence-corrected chi connectivity index (χ1v) is 13.9. The molecule has 6 atom stereocenters. The maximum Gasteiger partial charge on any atom is 0.306 e. The largest absolute Gasteiger partial charge is 0.462 e. The lowest BCUT2D eigenvalue weighted by atomic mass is 9.99. The number of aliphatic hydroxyl groups excluding tert-OH is 1. The Morgan fingerprint density at radius 2 is 1.97 bits per heavy atom. The zero-order valence-electron chi connectivity index (χ0n) is 22.7. The second-order valence-electron chi connectivity index (χ2n) is 10.6. The highest BCUT2D eigenvalue weighted by atomic mass is 16.5. The van der Waals surface area contributed by atoms with Crippen molar-refractivity contribution in [2.45, 2.75) is 114 Å². The quantitative estimate of drug-likeness (QED) is 0.363. The molecule has 0 saturated heterocycles. The summed E-state index contributed by atoms with van der Waals surface area (Å²) in [6.07, 6.45) is 21.5. The van der Waals surface area contributed by atoms with E-state index in [0.717, 1.165) is 50.5 Å². The minimum Gasteiger partial charge on any atom is -0.462 e. The van der Waals surface area contributed by atoms with Crippen LogP contribution in [0.1, 0.15) is 77.6 Å². The molecule has 1 N–H and O–H groups in total. The van der Waals surface area contributed by atoms with E-state index >= 15 is 0 Å². The zero-order chi connectivity index (χ0) is 26.5. The van der Waals surface area contributed by atoms with E-state index in [-0.39, 0.29) is 36.5 Å².